The van der Waals surface area contributed by atoms with E-state index < -0.39 is 0 Å². The third-order valence-electron chi connectivity index (χ3n) is 1.45. The molecule has 1 unspecified atom stereocenters. The lowest BCUT2D eigenvalue weighted by Crippen LogP contribution is -2.18. The van der Waals surface area contributed by atoms with Crippen LogP contribution in [0.1, 0.15) is 19.3 Å². The van der Waals surface area contributed by atoms with Crippen LogP contribution in [0.4, 0.5) is 0 Å². The van der Waals surface area contributed by atoms with Crippen LogP contribution in [-0.2, 0) is 9.53 Å². The fourth-order valence-corrected chi connectivity index (χ4v) is 1.03. The van der Waals surface area contributed by atoms with Crippen molar-refractivity contribution in [2.75, 3.05) is 6.61 Å². The molecule has 52 valence electrons. The van der Waals surface area contributed by atoms with Crippen LogP contribution in [-0.4, -0.2) is 18.6 Å². The molecule has 0 aromatic carbocycles. The Balaban J connectivity index is 2.19. The molecule has 1 atom stereocenters. The highest BCUT2D eigenvalue weighted by atomic mass is 16.5. The Hall–Kier alpha value is -0.570. The summed E-state index contributed by atoms with van der Waals surface area (Å²) in [4.78, 5) is 10.3. The van der Waals surface area contributed by atoms with Gasteiger partial charge in [-0.15, -0.1) is 0 Å². The van der Waals surface area contributed by atoms with Gasteiger partial charge in [0.15, 0.2) is 0 Å². The molecule has 1 saturated heterocycles. The third kappa shape index (κ3) is 2.01. The van der Waals surface area contributed by atoms with Crippen LogP contribution < -0.4 is 5.73 Å². The van der Waals surface area contributed by atoms with Crippen molar-refractivity contribution in [2.45, 2.75) is 25.4 Å². The zero-order valence-corrected chi connectivity index (χ0v) is 5.30. The summed E-state index contributed by atoms with van der Waals surface area (Å²) < 4.78 is 5.16. The van der Waals surface area contributed by atoms with Gasteiger partial charge in [-0.2, -0.15) is 0 Å². The number of ether oxygens (including phenoxy) is 1. The normalized spacial score (nSPS) is 26.4. The highest BCUT2D eigenvalue weighted by molar-refractivity contribution is 5.74. The molecule has 3 heteroatoms. The summed E-state index contributed by atoms with van der Waals surface area (Å²) in [7, 11) is 0. The number of primary amides is 1. The van der Waals surface area contributed by atoms with Crippen molar-refractivity contribution in [1.29, 1.82) is 0 Å². The van der Waals surface area contributed by atoms with Crippen LogP contribution in [0.3, 0.4) is 0 Å². The molecule has 3 nitrogen and oxygen atoms in total. The molecule has 0 radical (unpaired) electrons. The molecular formula is C6H11NO2. The van der Waals surface area contributed by atoms with E-state index in [1.54, 1.807) is 0 Å². The molecule has 1 rings (SSSR count). The number of rotatable bonds is 2. The molecule has 0 aromatic heterocycles. The highest BCUT2D eigenvalue weighted by Gasteiger charge is 2.16. The molecule has 0 spiro atoms. The number of hydrogen-bond acceptors (Lipinski definition) is 2. The maximum absolute atomic E-state index is 10.3. The third-order valence-corrected chi connectivity index (χ3v) is 1.45. The minimum atomic E-state index is -0.262. The van der Waals surface area contributed by atoms with Gasteiger partial charge < -0.3 is 10.5 Å². The summed E-state index contributed by atoms with van der Waals surface area (Å²) >= 11 is 0. The van der Waals surface area contributed by atoms with Gasteiger partial charge in [-0.1, -0.05) is 0 Å². The van der Waals surface area contributed by atoms with Gasteiger partial charge in [-0.05, 0) is 12.8 Å². The van der Waals surface area contributed by atoms with E-state index >= 15 is 0 Å². The van der Waals surface area contributed by atoms with Crippen molar-refractivity contribution in [3.05, 3.63) is 0 Å². The zero-order valence-electron chi connectivity index (χ0n) is 5.30. The van der Waals surface area contributed by atoms with Crippen LogP contribution in [0.5, 0.6) is 0 Å². The van der Waals surface area contributed by atoms with Crippen LogP contribution in [0.2, 0.25) is 0 Å². The van der Waals surface area contributed by atoms with Gasteiger partial charge >= 0.3 is 0 Å². The smallest absolute Gasteiger partial charge is 0.220 e. The number of amides is 1. The first-order valence-electron chi connectivity index (χ1n) is 3.19. The molecule has 0 aromatic rings. The Morgan fingerprint density at radius 2 is 2.56 bits per heavy atom. The monoisotopic (exact) mass is 129 g/mol. The molecular weight excluding hydrogens is 118 g/mol. The van der Waals surface area contributed by atoms with E-state index in [1.165, 1.54) is 0 Å². The summed E-state index contributed by atoms with van der Waals surface area (Å²) in [6.45, 7) is 0.790. The zero-order chi connectivity index (χ0) is 6.69. The van der Waals surface area contributed by atoms with Crippen molar-refractivity contribution in [2.24, 2.45) is 5.73 Å². The second kappa shape index (κ2) is 2.82. The Kier molecular flexibility index (Phi) is 2.05. The fraction of sp³-hybridized carbons (Fsp3) is 0.833. The molecule has 1 fully saturated rings. The van der Waals surface area contributed by atoms with E-state index in [1.807, 2.05) is 0 Å². The molecule has 9 heavy (non-hydrogen) atoms. The molecule has 1 aliphatic rings. The van der Waals surface area contributed by atoms with Crippen molar-refractivity contribution in [1.82, 2.24) is 0 Å². The SMILES string of the molecule is NC(=O)CC1CCCO1. The molecule has 0 aliphatic carbocycles. The maximum atomic E-state index is 10.3. The molecule has 1 aliphatic heterocycles. The largest absolute Gasteiger partial charge is 0.378 e. The van der Waals surface area contributed by atoms with Gasteiger partial charge in [0, 0.05) is 6.61 Å². The average molecular weight is 129 g/mol. The lowest BCUT2D eigenvalue weighted by molar-refractivity contribution is -0.120. The van der Waals surface area contributed by atoms with E-state index in [4.69, 9.17) is 10.5 Å². The van der Waals surface area contributed by atoms with Crippen LogP contribution in [0.25, 0.3) is 0 Å². The molecule has 1 heterocycles. The van der Waals surface area contributed by atoms with E-state index in [-0.39, 0.29) is 12.0 Å². The second-order valence-electron chi connectivity index (χ2n) is 2.31. The van der Waals surface area contributed by atoms with E-state index in [0.717, 1.165) is 19.4 Å². The first-order chi connectivity index (χ1) is 4.29. The van der Waals surface area contributed by atoms with E-state index in [9.17, 15) is 4.79 Å². The molecule has 0 bridgehead atoms. The van der Waals surface area contributed by atoms with Gasteiger partial charge in [0.2, 0.25) is 5.91 Å². The van der Waals surface area contributed by atoms with Crippen LogP contribution in [0.15, 0.2) is 0 Å². The molecule has 2 N–H and O–H groups in total. The topological polar surface area (TPSA) is 52.3 Å². The number of hydrogen-bond donors (Lipinski definition) is 1. The quantitative estimate of drug-likeness (QED) is 0.572. The van der Waals surface area contributed by atoms with E-state index in [2.05, 4.69) is 0 Å². The molecule has 1 amide bonds. The lowest BCUT2D eigenvalue weighted by atomic mass is 10.2. The van der Waals surface area contributed by atoms with Gasteiger partial charge in [0.25, 0.3) is 0 Å². The minimum absolute atomic E-state index is 0.113. The lowest BCUT2D eigenvalue weighted by Gasteiger charge is -2.03. The highest BCUT2D eigenvalue weighted by Crippen LogP contribution is 2.14. The number of nitrogens with two attached hydrogens (primary N) is 1. The summed E-state index contributed by atoms with van der Waals surface area (Å²) in [5, 5.41) is 0. The van der Waals surface area contributed by atoms with Gasteiger partial charge in [-0.3, -0.25) is 4.79 Å². The van der Waals surface area contributed by atoms with Crippen LogP contribution >= 0.6 is 0 Å². The first-order valence-corrected chi connectivity index (χ1v) is 3.19. The Bertz CT molecular complexity index is 108. The standard InChI is InChI=1S/C6H11NO2/c7-6(8)4-5-2-1-3-9-5/h5H,1-4H2,(H2,7,8). The van der Waals surface area contributed by atoms with Crippen molar-refractivity contribution in [3.63, 3.8) is 0 Å². The van der Waals surface area contributed by atoms with Crippen molar-refractivity contribution >= 4 is 5.91 Å². The predicted octanol–water partition coefficient (Wildman–Crippen LogP) is 0.0408. The minimum Gasteiger partial charge on any atom is -0.378 e. The Morgan fingerprint density at radius 3 is 3.00 bits per heavy atom. The summed E-state index contributed by atoms with van der Waals surface area (Å²) in [5.41, 5.74) is 4.95. The fourth-order valence-electron chi connectivity index (χ4n) is 1.03. The maximum Gasteiger partial charge on any atom is 0.220 e. The van der Waals surface area contributed by atoms with Gasteiger partial charge in [0.05, 0.1) is 12.5 Å². The summed E-state index contributed by atoms with van der Waals surface area (Å²) in [6.07, 6.45) is 2.56. The summed E-state index contributed by atoms with van der Waals surface area (Å²) in [5.74, 6) is -0.262. The van der Waals surface area contributed by atoms with Crippen LogP contribution in [0, 0.1) is 0 Å². The van der Waals surface area contributed by atoms with Gasteiger partial charge in [0.1, 0.15) is 0 Å². The van der Waals surface area contributed by atoms with E-state index in [0.29, 0.717) is 6.42 Å². The van der Waals surface area contributed by atoms with Gasteiger partial charge in [-0.25, -0.2) is 0 Å². The first kappa shape index (κ1) is 6.55. The average Bonchev–Trinajstić information content (AvgIpc) is 2.15. The molecule has 0 saturated carbocycles. The number of carbonyl (C=O) groups excluding carboxylic acids is 1. The van der Waals surface area contributed by atoms with Crippen molar-refractivity contribution in [3.8, 4) is 0 Å². The van der Waals surface area contributed by atoms with Crippen molar-refractivity contribution < 1.29 is 9.53 Å². The second-order valence-corrected chi connectivity index (χ2v) is 2.31. The number of carbonyl (C=O) groups is 1. The Labute approximate surface area is 54.2 Å². The predicted molar refractivity (Wildman–Crippen MR) is 32.8 cm³/mol. The Morgan fingerprint density at radius 1 is 1.78 bits per heavy atom. The summed E-state index contributed by atoms with van der Waals surface area (Å²) in [6, 6.07) is 0.